The van der Waals surface area contributed by atoms with Gasteiger partial charge in [-0.15, -0.1) is 0 Å². The van der Waals surface area contributed by atoms with E-state index in [9.17, 15) is 13.6 Å². The Labute approximate surface area is 154 Å². The van der Waals surface area contributed by atoms with Gasteiger partial charge >= 0.3 is 6.61 Å². The van der Waals surface area contributed by atoms with E-state index in [2.05, 4.69) is 15.0 Å². The zero-order valence-corrected chi connectivity index (χ0v) is 14.5. The van der Waals surface area contributed by atoms with E-state index in [4.69, 9.17) is 16.3 Å². The molecule has 1 fully saturated rings. The van der Waals surface area contributed by atoms with Gasteiger partial charge in [0.25, 0.3) is 5.91 Å². The molecule has 138 valence electrons. The summed E-state index contributed by atoms with van der Waals surface area (Å²) >= 11 is 6.07. The molecule has 3 rings (SSSR count). The molecule has 1 N–H and O–H groups in total. The first-order chi connectivity index (χ1) is 12.5. The lowest BCUT2D eigenvalue weighted by atomic mass is 10.1. The standard InChI is InChI=1S/C18H17ClF2N2O3/c19-13-3-6-16(23-7-9-25-10-8-23)15(11-13)22-17(24)12-1-4-14(5-2-12)26-18(20)21/h1-6,11,18H,7-10H2,(H,22,24). The lowest BCUT2D eigenvalue weighted by Gasteiger charge is -2.30. The van der Waals surface area contributed by atoms with Crippen LogP contribution >= 0.6 is 11.6 Å². The fourth-order valence-electron chi connectivity index (χ4n) is 2.67. The SMILES string of the molecule is O=C(Nc1cc(Cl)ccc1N1CCOCC1)c1ccc(OC(F)F)cc1. The number of hydrogen-bond acceptors (Lipinski definition) is 4. The summed E-state index contributed by atoms with van der Waals surface area (Å²) in [5.74, 6) is -0.376. The smallest absolute Gasteiger partial charge is 0.387 e. The van der Waals surface area contributed by atoms with Crippen molar-refractivity contribution >= 4 is 28.9 Å². The molecule has 1 aliphatic heterocycles. The Hall–Kier alpha value is -2.38. The zero-order chi connectivity index (χ0) is 18.5. The number of carbonyl (C=O) groups is 1. The van der Waals surface area contributed by atoms with E-state index in [0.717, 1.165) is 5.69 Å². The summed E-state index contributed by atoms with van der Waals surface area (Å²) < 4.78 is 34.0. The van der Waals surface area contributed by atoms with Crippen LogP contribution in [-0.2, 0) is 4.74 Å². The predicted octanol–water partition coefficient (Wildman–Crippen LogP) is 4.03. The molecule has 0 atom stereocenters. The van der Waals surface area contributed by atoms with Crippen molar-refractivity contribution in [2.75, 3.05) is 36.5 Å². The van der Waals surface area contributed by atoms with Crippen LogP contribution in [-0.4, -0.2) is 38.8 Å². The summed E-state index contributed by atoms with van der Waals surface area (Å²) in [6, 6.07) is 10.8. The zero-order valence-electron chi connectivity index (χ0n) is 13.8. The second kappa shape index (κ2) is 8.33. The molecular weight excluding hydrogens is 366 g/mol. The molecule has 0 spiro atoms. The van der Waals surface area contributed by atoms with E-state index in [0.29, 0.717) is 42.6 Å². The Balaban J connectivity index is 1.77. The molecule has 0 radical (unpaired) electrons. The lowest BCUT2D eigenvalue weighted by Crippen LogP contribution is -2.36. The minimum Gasteiger partial charge on any atom is -0.435 e. The molecule has 0 aromatic heterocycles. The summed E-state index contributed by atoms with van der Waals surface area (Å²) in [4.78, 5) is 14.6. The van der Waals surface area contributed by atoms with Crippen molar-refractivity contribution < 1.29 is 23.0 Å². The van der Waals surface area contributed by atoms with Crippen molar-refractivity contribution in [2.24, 2.45) is 0 Å². The van der Waals surface area contributed by atoms with Crippen LogP contribution < -0.4 is 15.0 Å². The number of nitrogens with zero attached hydrogens (tertiary/aromatic N) is 1. The van der Waals surface area contributed by atoms with Gasteiger partial charge in [-0.25, -0.2) is 0 Å². The van der Waals surface area contributed by atoms with E-state index in [1.807, 2.05) is 6.07 Å². The number of nitrogens with one attached hydrogen (secondary N) is 1. The minimum absolute atomic E-state index is 0.00619. The number of rotatable bonds is 5. The number of hydrogen-bond donors (Lipinski definition) is 1. The second-order valence-electron chi connectivity index (χ2n) is 5.62. The van der Waals surface area contributed by atoms with Crippen LogP contribution in [0.2, 0.25) is 5.02 Å². The largest absolute Gasteiger partial charge is 0.435 e. The Morgan fingerprint density at radius 2 is 1.85 bits per heavy atom. The highest BCUT2D eigenvalue weighted by Gasteiger charge is 2.17. The summed E-state index contributed by atoms with van der Waals surface area (Å²) in [6.07, 6.45) is 0. The van der Waals surface area contributed by atoms with Crippen molar-refractivity contribution in [3.63, 3.8) is 0 Å². The molecule has 2 aromatic rings. The van der Waals surface area contributed by atoms with Crippen molar-refractivity contribution in [3.8, 4) is 5.75 Å². The van der Waals surface area contributed by atoms with Gasteiger partial charge in [-0.3, -0.25) is 4.79 Å². The Bertz CT molecular complexity index is 766. The number of benzene rings is 2. The molecule has 5 nitrogen and oxygen atoms in total. The Kier molecular flexibility index (Phi) is 5.90. The van der Waals surface area contributed by atoms with Crippen LogP contribution in [0.5, 0.6) is 5.75 Å². The van der Waals surface area contributed by atoms with Crippen LogP contribution in [0.25, 0.3) is 0 Å². The molecule has 0 aliphatic carbocycles. The molecule has 26 heavy (non-hydrogen) atoms. The monoisotopic (exact) mass is 382 g/mol. The van der Waals surface area contributed by atoms with E-state index < -0.39 is 6.61 Å². The fraction of sp³-hybridized carbons (Fsp3) is 0.278. The Morgan fingerprint density at radius 3 is 2.50 bits per heavy atom. The third-order valence-corrected chi connectivity index (χ3v) is 4.14. The highest BCUT2D eigenvalue weighted by molar-refractivity contribution is 6.31. The molecule has 1 saturated heterocycles. The third-order valence-electron chi connectivity index (χ3n) is 3.90. The predicted molar refractivity (Wildman–Crippen MR) is 95.5 cm³/mol. The average molecular weight is 383 g/mol. The topological polar surface area (TPSA) is 50.8 Å². The van der Waals surface area contributed by atoms with Crippen LogP contribution in [0, 0.1) is 0 Å². The first-order valence-corrected chi connectivity index (χ1v) is 8.39. The molecule has 1 heterocycles. The first kappa shape index (κ1) is 18.4. The van der Waals surface area contributed by atoms with E-state index in [1.165, 1.54) is 24.3 Å². The van der Waals surface area contributed by atoms with Crippen LogP contribution in [0.3, 0.4) is 0 Å². The summed E-state index contributed by atoms with van der Waals surface area (Å²) in [7, 11) is 0. The maximum Gasteiger partial charge on any atom is 0.387 e. The number of amides is 1. The van der Waals surface area contributed by atoms with E-state index >= 15 is 0 Å². The first-order valence-electron chi connectivity index (χ1n) is 8.01. The third kappa shape index (κ3) is 4.62. The van der Waals surface area contributed by atoms with E-state index in [1.54, 1.807) is 12.1 Å². The van der Waals surface area contributed by atoms with E-state index in [-0.39, 0.29) is 11.7 Å². The number of halogens is 3. The number of alkyl halides is 2. The highest BCUT2D eigenvalue weighted by Crippen LogP contribution is 2.30. The van der Waals surface area contributed by atoms with Gasteiger partial charge in [-0.05, 0) is 42.5 Å². The fourth-order valence-corrected chi connectivity index (χ4v) is 2.84. The quantitative estimate of drug-likeness (QED) is 0.848. The van der Waals surface area contributed by atoms with Gasteiger partial charge in [0.15, 0.2) is 0 Å². The maximum absolute atomic E-state index is 12.5. The maximum atomic E-state index is 12.5. The number of morpholine rings is 1. The normalized spacial score (nSPS) is 14.4. The second-order valence-corrected chi connectivity index (χ2v) is 6.05. The molecule has 2 aromatic carbocycles. The van der Waals surface area contributed by atoms with Gasteiger partial charge in [0, 0.05) is 23.7 Å². The molecule has 0 bridgehead atoms. The molecule has 1 amide bonds. The average Bonchev–Trinajstić information content (AvgIpc) is 2.62. The van der Waals surface area contributed by atoms with Crippen molar-refractivity contribution in [3.05, 3.63) is 53.1 Å². The van der Waals surface area contributed by atoms with Crippen LogP contribution in [0.15, 0.2) is 42.5 Å². The van der Waals surface area contributed by atoms with Crippen LogP contribution in [0.1, 0.15) is 10.4 Å². The highest BCUT2D eigenvalue weighted by atomic mass is 35.5. The molecule has 0 saturated carbocycles. The Morgan fingerprint density at radius 1 is 1.15 bits per heavy atom. The van der Waals surface area contributed by atoms with Gasteiger partial charge < -0.3 is 19.7 Å². The van der Waals surface area contributed by atoms with Gasteiger partial charge in [0.05, 0.1) is 24.6 Å². The van der Waals surface area contributed by atoms with Crippen molar-refractivity contribution in [2.45, 2.75) is 6.61 Å². The van der Waals surface area contributed by atoms with Crippen molar-refractivity contribution in [1.82, 2.24) is 0 Å². The number of ether oxygens (including phenoxy) is 2. The summed E-state index contributed by atoms with van der Waals surface area (Å²) in [6.45, 7) is -0.255. The summed E-state index contributed by atoms with van der Waals surface area (Å²) in [5, 5.41) is 3.33. The van der Waals surface area contributed by atoms with Gasteiger partial charge in [-0.1, -0.05) is 11.6 Å². The van der Waals surface area contributed by atoms with Gasteiger partial charge in [-0.2, -0.15) is 8.78 Å². The molecule has 1 aliphatic rings. The van der Waals surface area contributed by atoms with Crippen LogP contribution in [0.4, 0.5) is 20.2 Å². The molecule has 8 heteroatoms. The minimum atomic E-state index is -2.91. The molecule has 0 unspecified atom stereocenters. The van der Waals surface area contributed by atoms with Gasteiger partial charge in [0.2, 0.25) is 0 Å². The number of carbonyl (C=O) groups excluding carboxylic acids is 1. The molecular formula is C18H17ClF2N2O3. The number of anilines is 2. The van der Waals surface area contributed by atoms with Gasteiger partial charge in [0.1, 0.15) is 5.75 Å². The summed E-state index contributed by atoms with van der Waals surface area (Å²) in [5.41, 5.74) is 1.75. The van der Waals surface area contributed by atoms with Crippen molar-refractivity contribution in [1.29, 1.82) is 0 Å². The lowest BCUT2D eigenvalue weighted by molar-refractivity contribution is -0.0498.